The number of carbonyl (C=O) groups excluding carboxylic acids is 1. The van der Waals surface area contributed by atoms with Crippen molar-refractivity contribution in [1.29, 1.82) is 5.41 Å². The molecule has 0 saturated heterocycles. The topological polar surface area (TPSA) is 121 Å². The Morgan fingerprint density at radius 2 is 1.87 bits per heavy atom. The van der Waals surface area contributed by atoms with E-state index in [9.17, 15) is 28.1 Å². The Hall–Kier alpha value is -4.78. The first-order chi connectivity index (χ1) is 18.5. The number of amides is 1. The summed E-state index contributed by atoms with van der Waals surface area (Å²) in [6, 6.07) is 15.6. The number of fused-ring (bicyclic) bond motifs is 1. The van der Waals surface area contributed by atoms with Crippen LogP contribution in [0.2, 0.25) is 0 Å². The van der Waals surface area contributed by atoms with Crippen molar-refractivity contribution in [3.05, 3.63) is 105 Å². The zero-order valence-corrected chi connectivity index (χ0v) is 20.7. The van der Waals surface area contributed by atoms with E-state index < -0.39 is 28.3 Å². The first kappa shape index (κ1) is 25.9. The number of nitrogens with one attached hydrogen (secondary N) is 1. The number of nitro groups is 1. The summed E-state index contributed by atoms with van der Waals surface area (Å²) in [6.07, 6.45) is -3.36. The molecule has 39 heavy (non-hydrogen) atoms. The molecule has 3 aromatic rings. The average molecular weight is 552 g/mol. The van der Waals surface area contributed by atoms with Crippen LogP contribution in [0, 0.1) is 22.4 Å². The summed E-state index contributed by atoms with van der Waals surface area (Å²) in [5.74, 6) is -1.16. The third-order valence-corrected chi connectivity index (χ3v) is 6.56. The summed E-state index contributed by atoms with van der Waals surface area (Å²) in [6.45, 7) is 1.94. The number of hydrogen-bond donors (Lipinski definition) is 1. The molecule has 1 N–H and O–H groups in total. The highest BCUT2D eigenvalue weighted by Gasteiger charge is 2.36. The maximum absolute atomic E-state index is 13.0. The predicted molar refractivity (Wildman–Crippen MR) is 140 cm³/mol. The monoisotopic (exact) mass is 551 g/mol. The first-order valence-corrected chi connectivity index (χ1v) is 12.0. The molecular formula is C26H16F3N5O4S. The molecule has 9 nitrogen and oxygen atoms in total. The van der Waals surface area contributed by atoms with Gasteiger partial charge in [0.2, 0.25) is 10.9 Å². The Kier molecular flexibility index (Phi) is 6.52. The van der Waals surface area contributed by atoms with Gasteiger partial charge in [-0.25, -0.2) is 0 Å². The molecule has 0 aliphatic carbocycles. The molecule has 0 aromatic heterocycles. The molecule has 0 bridgehead atoms. The molecular weight excluding hydrogens is 535 g/mol. The van der Waals surface area contributed by atoms with Gasteiger partial charge in [0.05, 0.1) is 16.1 Å². The number of nitrogens with zero attached hydrogens (tertiary/aromatic N) is 4. The van der Waals surface area contributed by atoms with E-state index in [2.05, 4.69) is 10.1 Å². The second kappa shape index (κ2) is 9.83. The summed E-state index contributed by atoms with van der Waals surface area (Å²) in [7, 11) is 0. The van der Waals surface area contributed by atoms with E-state index in [1.807, 2.05) is 31.2 Å². The van der Waals surface area contributed by atoms with Gasteiger partial charge in [-0.05, 0) is 60.7 Å². The lowest BCUT2D eigenvalue weighted by Gasteiger charge is -2.20. The SMILES string of the molecule is Cc1cccc(C2=NN3C(=N)/C(=C/c4cccc(Oc5ccc(C(F)(F)F)cc5[N+](=O)[O-])c4)C(=O)N=C3S2)c1. The molecule has 1 amide bonds. The van der Waals surface area contributed by atoms with Gasteiger partial charge in [0.15, 0.2) is 5.84 Å². The van der Waals surface area contributed by atoms with Crippen molar-refractivity contribution in [3.8, 4) is 11.5 Å². The molecule has 196 valence electrons. The van der Waals surface area contributed by atoms with Crippen molar-refractivity contribution in [2.45, 2.75) is 13.1 Å². The maximum Gasteiger partial charge on any atom is 0.416 e. The summed E-state index contributed by atoms with van der Waals surface area (Å²) >= 11 is 1.17. The number of amidine groups is 2. The number of aryl methyl sites for hydroxylation is 1. The zero-order chi connectivity index (χ0) is 27.9. The highest BCUT2D eigenvalue weighted by molar-refractivity contribution is 8.27. The van der Waals surface area contributed by atoms with Crippen LogP contribution in [0.5, 0.6) is 11.5 Å². The number of rotatable bonds is 5. The van der Waals surface area contributed by atoms with Crippen LogP contribution in [0.25, 0.3) is 6.08 Å². The minimum Gasteiger partial charge on any atom is -0.450 e. The van der Waals surface area contributed by atoms with E-state index in [0.717, 1.165) is 17.2 Å². The van der Waals surface area contributed by atoms with Gasteiger partial charge in [0, 0.05) is 11.6 Å². The highest BCUT2D eigenvalue weighted by Crippen LogP contribution is 2.38. The van der Waals surface area contributed by atoms with E-state index in [4.69, 9.17) is 10.1 Å². The molecule has 0 unspecified atom stereocenters. The molecule has 0 spiro atoms. The normalized spacial score (nSPS) is 16.2. The average Bonchev–Trinajstić information content (AvgIpc) is 3.30. The highest BCUT2D eigenvalue weighted by atomic mass is 32.2. The van der Waals surface area contributed by atoms with E-state index in [-0.39, 0.29) is 28.1 Å². The quantitative estimate of drug-likeness (QED) is 0.223. The Labute approximate surface area is 223 Å². The van der Waals surface area contributed by atoms with Crippen molar-refractivity contribution in [2.24, 2.45) is 10.1 Å². The molecule has 5 rings (SSSR count). The number of hydrogen-bond acceptors (Lipinski definition) is 7. The van der Waals surface area contributed by atoms with Gasteiger partial charge in [-0.1, -0.05) is 35.9 Å². The summed E-state index contributed by atoms with van der Waals surface area (Å²) in [5.41, 5.74) is 0.161. The molecule has 2 aliphatic rings. The van der Waals surface area contributed by atoms with Crippen LogP contribution in [-0.4, -0.2) is 31.9 Å². The molecule has 3 aromatic carbocycles. The minimum absolute atomic E-state index is 0.0498. The fraction of sp³-hybridized carbons (Fsp3) is 0.0769. The third kappa shape index (κ3) is 5.29. The van der Waals surface area contributed by atoms with Gasteiger partial charge in [-0.2, -0.15) is 28.3 Å². The van der Waals surface area contributed by atoms with E-state index in [1.54, 1.807) is 6.07 Å². The summed E-state index contributed by atoms with van der Waals surface area (Å²) in [5, 5.41) is 26.5. The number of hydrazone groups is 1. The summed E-state index contributed by atoms with van der Waals surface area (Å²) in [4.78, 5) is 27.2. The predicted octanol–water partition coefficient (Wildman–Crippen LogP) is 6.38. The largest absolute Gasteiger partial charge is 0.450 e. The molecule has 0 fully saturated rings. The van der Waals surface area contributed by atoms with Crippen LogP contribution in [0.15, 0.2) is 82.4 Å². The molecule has 2 heterocycles. The molecule has 0 radical (unpaired) electrons. The smallest absolute Gasteiger partial charge is 0.416 e. The number of aliphatic imine (C=N–C) groups is 1. The Bertz CT molecular complexity index is 1650. The van der Waals surface area contributed by atoms with Crippen LogP contribution in [0.1, 0.15) is 22.3 Å². The van der Waals surface area contributed by atoms with Gasteiger partial charge in [0.25, 0.3) is 5.91 Å². The molecule has 2 aliphatic heterocycles. The lowest BCUT2D eigenvalue weighted by atomic mass is 10.1. The molecule has 0 saturated carbocycles. The number of nitro benzene ring substituents is 1. The van der Waals surface area contributed by atoms with Crippen LogP contribution in [0.4, 0.5) is 18.9 Å². The molecule has 13 heteroatoms. The first-order valence-electron chi connectivity index (χ1n) is 11.2. The van der Waals surface area contributed by atoms with E-state index in [1.165, 1.54) is 41.0 Å². The van der Waals surface area contributed by atoms with Crippen LogP contribution >= 0.6 is 11.8 Å². The second-order valence-corrected chi connectivity index (χ2v) is 9.36. The number of alkyl halides is 3. The second-order valence-electron chi connectivity index (χ2n) is 8.41. The third-order valence-electron chi connectivity index (χ3n) is 5.60. The van der Waals surface area contributed by atoms with Crippen LogP contribution in [-0.2, 0) is 11.0 Å². The number of ether oxygens (including phenoxy) is 1. The van der Waals surface area contributed by atoms with Crippen LogP contribution in [0.3, 0.4) is 0 Å². The Balaban J connectivity index is 1.42. The number of benzene rings is 3. The number of thioether (sulfide) groups is 1. The van der Waals surface area contributed by atoms with Crippen molar-refractivity contribution < 1.29 is 27.6 Å². The number of halogens is 3. The van der Waals surface area contributed by atoms with Gasteiger partial charge < -0.3 is 4.74 Å². The minimum atomic E-state index is -4.76. The van der Waals surface area contributed by atoms with Crippen molar-refractivity contribution >= 4 is 45.5 Å². The lowest BCUT2D eigenvalue weighted by Crippen LogP contribution is -2.35. The fourth-order valence-electron chi connectivity index (χ4n) is 3.77. The Morgan fingerprint density at radius 1 is 1.10 bits per heavy atom. The lowest BCUT2D eigenvalue weighted by molar-refractivity contribution is -0.385. The van der Waals surface area contributed by atoms with Gasteiger partial charge in [-0.3, -0.25) is 20.3 Å². The van der Waals surface area contributed by atoms with Gasteiger partial charge in [-0.15, -0.1) is 0 Å². The fourth-order valence-corrected chi connectivity index (χ4v) is 4.66. The van der Waals surface area contributed by atoms with Gasteiger partial charge in [0.1, 0.15) is 10.8 Å². The molecule has 0 atom stereocenters. The van der Waals surface area contributed by atoms with Crippen LogP contribution < -0.4 is 4.74 Å². The van der Waals surface area contributed by atoms with Crippen molar-refractivity contribution in [2.75, 3.05) is 0 Å². The van der Waals surface area contributed by atoms with E-state index in [0.29, 0.717) is 22.7 Å². The zero-order valence-electron chi connectivity index (χ0n) is 19.9. The van der Waals surface area contributed by atoms with Crippen molar-refractivity contribution in [3.63, 3.8) is 0 Å². The maximum atomic E-state index is 13.0. The Morgan fingerprint density at radius 3 is 2.59 bits per heavy atom. The van der Waals surface area contributed by atoms with Gasteiger partial charge >= 0.3 is 11.9 Å². The van der Waals surface area contributed by atoms with E-state index >= 15 is 0 Å². The standard InChI is InChI=1S/C26H16F3N5O4S/c1-14-4-2-6-16(10-14)24-32-33-22(30)19(23(35)31-25(33)39-24)12-15-5-3-7-18(11-15)38-21-9-8-17(26(27,28)29)13-20(21)34(36)37/h2-13,30H,1H3/b19-12-,30-22?. The van der Waals surface area contributed by atoms with Crippen molar-refractivity contribution in [1.82, 2.24) is 5.01 Å². The number of carbonyl (C=O) groups is 1. The summed E-state index contributed by atoms with van der Waals surface area (Å²) < 4.78 is 44.5.